The van der Waals surface area contributed by atoms with E-state index in [2.05, 4.69) is 27.0 Å². The highest BCUT2D eigenvalue weighted by Crippen LogP contribution is 2.31. The number of para-hydroxylation sites is 1. The third-order valence-electron chi connectivity index (χ3n) is 4.37. The Morgan fingerprint density at radius 2 is 2.17 bits per heavy atom. The molecule has 0 radical (unpaired) electrons. The highest BCUT2D eigenvalue weighted by atomic mass is 79.9. The molecular formula is C17H15BrN2O3. The number of aliphatic hydroxyl groups is 1. The quantitative estimate of drug-likeness (QED) is 0.723. The van der Waals surface area contributed by atoms with Crippen LogP contribution >= 0.6 is 15.9 Å². The van der Waals surface area contributed by atoms with Gasteiger partial charge in [0.1, 0.15) is 0 Å². The Kier molecular flexibility index (Phi) is 3.50. The van der Waals surface area contributed by atoms with Crippen LogP contribution in [-0.2, 0) is 13.0 Å². The van der Waals surface area contributed by atoms with Crippen molar-refractivity contribution in [2.24, 2.45) is 0 Å². The Bertz CT molecular complexity index is 883. The number of furan rings is 1. The Hall–Kier alpha value is -2.05. The van der Waals surface area contributed by atoms with E-state index in [1.807, 2.05) is 18.2 Å². The first-order valence-corrected chi connectivity index (χ1v) is 8.22. The number of aromatic amines is 1. The largest absolute Gasteiger partial charge is 0.444 e. The van der Waals surface area contributed by atoms with Gasteiger partial charge in [-0.15, -0.1) is 0 Å². The van der Waals surface area contributed by atoms with Crippen molar-refractivity contribution in [2.75, 3.05) is 6.61 Å². The van der Waals surface area contributed by atoms with Crippen LogP contribution in [0.5, 0.6) is 0 Å². The van der Waals surface area contributed by atoms with Gasteiger partial charge in [-0.1, -0.05) is 18.2 Å². The molecule has 2 N–H and O–H groups in total. The van der Waals surface area contributed by atoms with Gasteiger partial charge in [0.05, 0.1) is 19.2 Å². The zero-order valence-corrected chi connectivity index (χ0v) is 13.8. The van der Waals surface area contributed by atoms with Crippen LogP contribution in [0.3, 0.4) is 0 Å². The molecule has 1 aliphatic rings. The number of nitrogens with zero attached hydrogens (tertiary/aromatic N) is 1. The number of hydrogen-bond acceptors (Lipinski definition) is 3. The van der Waals surface area contributed by atoms with Crippen LogP contribution in [0, 0.1) is 0 Å². The molecule has 23 heavy (non-hydrogen) atoms. The third-order valence-corrected chi connectivity index (χ3v) is 4.79. The van der Waals surface area contributed by atoms with Gasteiger partial charge in [0.2, 0.25) is 0 Å². The molecular weight excluding hydrogens is 360 g/mol. The highest BCUT2D eigenvalue weighted by Gasteiger charge is 2.33. The minimum Gasteiger partial charge on any atom is -0.444 e. The molecule has 1 atom stereocenters. The fourth-order valence-electron chi connectivity index (χ4n) is 3.24. The molecule has 3 aromatic rings. The van der Waals surface area contributed by atoms with E-state index in [0.717, 1.165) is 16.6 Å². The number of benzene rings is 1. The summed E-state index contributed by atoms with van der Waals surface area (Å²) in [6.07, 6.45) is 0.628. The lowest BCUT2D eigenvalue weighted by atomic mass is 9.97. The van der Waals surface area contributed by atoms with Crippen LogP contribution < -0.4 is 0 Å². The minimum absolute atomic E-state index is 0.0768. The van der Waals surface area contributed by atoms with E-state index < -0.39 is 0 Å². The van der Waals surface area contributed by atoms with Crippen LogP contribution in [-0.4, -0.2) is 33.5 Å². The lowest BCUT2D eigenvalue weighted by Crippen LogP contribution is -2.46. The van der Waals surface area contributed by atoms with E-state index >= 15 is 0 Å². The van der Waals surface area contributed by atoms with Crippen molar-refractivity contribution < 1.29 is 14.3 Å². The predicted molar refractivity (Wildman–Crippen MR) is 89.2 cm³/mol. The number of aliphatic hydroxyl groups excluding tert-OH is 1. The molecule has 1 aliphatic heterocycles. The Balaban J connectivity index is 1.73. The topological polar surface area (TPSA) is 69.5 Å². The Morgan fingerprint density at radius 1 is 1.35 bits per heavy atom. The van der Waals surface area contributed by atoms with Crippen molar-refractivity contribution in [1.82, 2.24) is 9.88 Å². The van der Waals surface area contributed by atoms with Gasteiger partial charge in [-0.05, 0) is 46.1 Å². The van der Waals surface area contributed by atoms with Crippen molar-refractivity contribution in [1.29, 1.82) is 0 Å². The molecule has 6 heteroatoms. The summed E-state index contributed by atoms with van der Waals surface area (Å²) >= 11 is 3.21. The summed E-state index contributed by atoms with van der Waals surface area (Å²) in [5.74, 6) is 0.0638. The number of aromatic nitrogens is 1. The van der Waals surface area contributed by atoms with Crippen LogP contribution in [0.1, 0.15) is 21.8 Å². The second kappa shape index (κ2) is 5.54. The fraction of sp³-hybridized carbons (Fsp3) is 0.235. The summed E-state index contributed by atoms with van der Waals surface area (Å²) in [5, 5.41) is 10.9. The average molecular weight is 375 g/mol. The van der Waals surface area contributed by atoms with Gasteiger partial charge in [0, 0.05) is 16.6 Å². The minimum atomic E-state index is -0.252. The number of carbonyl (C=O) groups is 1. The molecule has 1 unspecified atom stereocenters. The van der Waals surface area contributed by atoms with Crippen molar-refractivity contribution >= 4 is 32.7 Å². The molecule has 5 nitrogen and oxygen atoms in total. The van der Waals surface area contributed by atoms with Crippen LogP contribution in [0.2, 0.25) is 0 Å². The van der Waals surface area contributed by atoms with Crippen LogP contribution in [0.25, 0.3) is 10.9 Å². The molecule has 0 aliphatic carbocycles. The maximum Gasteiger partial charge on any atom is 0.290 e. The summed E-state index contributed by atoms with van der Waals surface area (Å²) in [4.78, 5) is 17.8. The first kappa shape index (κ1) is 14.5. The molecule has 0 bridgehead atoms. The first-order chi connectivity index (χ1) is 11.2. The monoisotopic (exact) mass is 374 g/mol. The van der Waals surface area contributed by atoms with E-state index in [4.69, 9.17) is 4.42 Å². The maximum atomic E-state index is 12.7. The summed E-state index contributed by atoms with van der Waals surface area (Å²) in [6.45, 7) is 0.360. The van der Waals surface area contributed by atoms with Crippen molar-refractivity contribution in [3.63, 3.8) is 0 Å². The fourth-order valence-corrected chi connectivity index (χ4v) is 3.55. The first-order valence-electron chi connectivity index (χ1n) is 7.43. The number of nitrogens with one attached hydrogen (secondary N) is 1. The molecule has 118 valence electrons. The molecule has 1 amide bonds. The molecule has 3 heterocycles. The number of carbonyl (C=O) groups excluding carboxylic acids is 1. The standard InChI is InChI=1S/C17H15BrN2O3/c18-16-6-5-15(23-16)17(22)20-8-14-12(7-10(20)9-21)11-3-1-2-4-13(11)19-14/h1-6,10,19,21H,7-9H2. The predicted octanol–water partition coefficient (Wildman–Crippen LogP) is 3.08. The van der Waals surface area contributed by atoms with E-state index in [-0.39, 0.29) is 24.3 Å². The number of amides is 1. The van der Waals surface area contributed by atoms with Crippen LogP contribution in [0.15, 0.2) is 45.5 Å². The number of H-pyrrole nitrogens is 1. The van der Waals surface area contributed by atoms with E-state index in [1.165, 1.54) is 5.56 Å². The summed E-state index contributed by atoms with van der Waals surface area (Å²) in [7, 11) is 0. The number of halogens is 1. The lowest BCUT2D eigenvalue weighted by molar-refractivity contribution is 0.0509. The lowest BCUT2D eigenvalue weighted by Gasteiger charge is -2.34. The van der Waals surface area contributed by atoms with Gasteiger partial charge in [0.15, 0.2) is 10.4 Å². The second-order valence-corrected chi connectivity index (χ2v) is 6.49. The molecule has 2 aromatic heterocycles. The smallest absolute Gasteiger partial charge is 0.290 e. The molecule has 0 spiro atoms. The zero-order valence-electron chi connectivity index (χ0n) is 12.3. The van der Waals surface area contributed by atoms with Gasteiger partial charge >= 0.3 is 0 Å². The van der Waals surface area contributed by atoms with Gasteiger partial charge < -0.3 is 19.4 Å². The Morgan fingerprint density at radius 3 is 2.91 bits per heavy atom. The summed E-state index contributed by atoms with van der Waals surface area (Å²) < 4.78 is 5.89. The number of fused-ring (bicyclic) bond motifs is 3. The van der Waals surface area contributed by atoms with Gasteiger partial charge in [-0.25, -0.2) is 0 Å². The summed E-state index contributed by atoms with van der Waals surface area (Å²) in [5.41, 5.74) is 3.27. The SMILES string of the molecule is O=C(c1ccc(Br)o1)N1Cc2[nH]c3ccccc3c2CC1CO. The summed E-state index contributed by atoms with van der Waals surface area (Å²) in [6, 6.07) is 11.2. The molecule has 0 saturated carbocycles. The van der Waals surface area contributed by atoms with Crippen molar-refractivity contribution in [3.8, 4) is 0 Å². The van der Waals surface area contributed by atoms with E-state index in [9.17, 15) is 9.90 Å². The van der Waals surface area contributed by atoms with Gasteiger partial charge in [0.25, 0.3) is 5.91 Å². The van der Waals surface area contributed by atoms with Gasteiger partial charge in [-0.2, -0.15) is 0 Å². The second-order valence-electron chi connectivity index (χ2n) is 5.71. The van der Waals surface area contributed by atoms with Crippen molar-refractivity contribution in [3.05, 3.63) is 58.1 Å². The normalized spacial score (nSPS) is 17.5. The zero-order chi connectivity index (χ0) is 16.0. The average Bonchev–Trinajstić information content (AvgIpc) is 3.16. The van der Waals surface area contributed by atoms with Gasteiger partial charge in [-0.3, -0.25) is 4.79 Å². The van der Waals surface area contributed by atoms with Crippen LogP contribution in [0.4, 0.5) is 0 Å². The number of hydrogen-bond donors (Lipinski definition) is 2. The highest BCUT2D eigenvalue weighted by molar-refractivity contribution is 9.10. The molecule has 0 saturated heterocycles. The van der Waals surface area contributed by atoms with Crippen molar-refractivity contribution in [2.45, 2.75) is 19.0 Å². The molecule has 4 rings (SSSR count). The molecule has 0 fully saturated rings. The number of rotatable bonds is 2. The maximum absolute atomic E-state index is 12.7. The molecule has 1 aromatic carbocycles. The van der Waals surface area contributed by atoms with E-state index in [0.29, 0.717) is 17.6 Å². The Labute approximate surface area is 141 Å². The third kappa shape index (κ3) is 2.38. The van der Waals surface area contributed by atoms with E-state index in [1.54, 1.807) is 17.0 Å².